The van der Waals surface area contributed by atoms with Gasteiger partial charge in [0.05, 0.1) is 13.7 Å². The highest BCUT2D eigenvalue weighted by Crippen LogP contribution is 2.29. The number of hydrogen-bond acceptors (Lipinski definition) is 4. The minimum atomic E-state index is -3.54. The Morgan fingerprint density at radius 2 is 2.05 bits per heavy atom. The van der Waals surface area contributed by atoms with Crippen molar-refractivity contribution in [3.05, 3.63) is 23.8 Å². The van der Waals surface area contributed by atoms with Crippen LogP contribution in [0.2, 0.25) is 0 Å². The molecule has 114 valence electrons. The molecule has 1 aromatic carbocycles. The lowest BCUT2D eigenvalue weighted by Gasteiger charge is -2.17. The molecule has 1 saturated heterocycles. The average Bonchev–Trinajstić information content (AvgIpc) is 3.02. The summed E-state index contributed by atoms with van der Waals surface area (Å²) in [6, 6.07) is 4.87. The molecule has 0 unspecified atom stereocenters. The van der Waals surface area contributed by atoms with Crippen LogP contribution < -0.4 is 4.74 Å². The van der Waals surface area contributed by atoms with Gasteiger partial charge in [0.2, 0.25) is 10.0 Å². The molecule has 1 aliphatic rings. The van der Waals surface area contributed by atoms with E-state index in [1.165, 1.54) is 17.5 Å². The number of aliphatic hydroxyl groups is 1. The summed E-state index contributed by atoms with van der Waals surface area (Å²) in [4.78, 5) is 0.155. The monoisotopic (exact) mass is 309 g/mol. The summed E-state index contributed by atoms with van der Waals surface area (Å²) in [7, 11) is -2.09. The van der Waals surface area contributed by atoms with Crippen LogP contribution in [0.1, 0.15) is 24.8 Å². The fraction of sp³-hybridized carbons (Fsp3) is 0.467. The maximum atomic E-state index is 12.7. The van der Waals surface area contributed by atoms with Crippen LogP contribution in [0.5, 0.6) is 5.75 Å². The fourth-order valence-electron chi connectivity index (χ4n) is 2.24. The minimum Gasteiger partial charge on any atom is -0.495 e. The lowest BCUT2D eigenvalue weighted by Crippen LogP contribution is -2.28. The van der Waals surface area contributed by atoms with Crippen LogP contribution in [-0.4, -0.2) is 44.6 Å². The molecule has 1 aliphatic heterocycles. The third-order valence-electron chi connectivity index (χ3n) is 3.32. The molecule has 0 aliphatic carbocycles. The Morgan fingerprint density at radius 3 is 2.67 bits per heavy atom. The first-order valence-corrected chi connectivity index (χ1v) is 8.31. The van der Waals surface area contributed by atoms with Gasteiger partial charge in [-0.1, -0.05) is 11.8 Å². The van der Waals surface area contributed by atoms with E-state index in [9.17, 15) is 8.42 Å². The second-order valence-corrected chi connectivity index (χ2v) is 6.66. The average molecular weight is 309 g/mol. The van der Waals surface area contributed by atoms with Crippen molar-refractivity contribution in [1.82, 2.24) is 4.31 Å². The number of rotatable bonds is 4. The highest BCUT2D eigenvalue weighted by atomic mass is 32.2. The number of benzene rings is 1. The van der Waals surface area contributed by atoms with Gasteiger partial charge in [-0.15, -0.1) is 0 Å². The van der Waals surface area contributed by atoms with E-state index in [0.717, 1.165) is 12.8 Å². The highest BCUT2D eigenvalue weighted by Gasteiger charge is 2.30. The van der Waals surface area contributed by atoms with Crippen molar-refractivity contribution in [3.63, 3.8) is 0 Å². The van der Waals surface area contributed by atoms with E-state index in [-0.39, 0.29) is 11.5 Å². The minimum absolute atomic E-state index is 0.0118. The summed E-state index contributed by atoms with van der Waals surface area (Å²) in [5, 5.41) is 8.73. The number of aliphatic hydroxyl groups excluding tert-OH is 1. The summed E-state index contributed by atoms with van der Waals surface area (Å²) < 4.78 is 32.0. The highest BCUT2D eigenvalue weighted by molar-refractivity contribution is 7.89. The number of sulfonamides is 1. The molecule has 0 radical (unpaired) electrons. The zero-order valence-corrected chi connectivity index (χ0v) is 12.8. The molecule has 1 fully saturated rings. The van der Waals surface area contributed by atoms with E-state index in [2.05, 4.69) is 11.8 Å². The molecule has 2 rings (SSSR count). The maximum absolute atomic E-state index is 12.7. The van der Waals surface area contributed by atoms with Gasteiger partial charge in [-0.05, 0) is 31.0 Å². The van der Waals surface area contributed by atoms with Crippen LogP contribution in [-0.2, 0) is 10.0 Å². The summed E-state index contributed by atoms with van der Waals surface area (Å²) in [6.07, 6.45) is 2.13. The van der Waals surface area contributed by atoms with E-state index in [1.54, 1.807) is 12.1 Å². The van der Waals surface area contributed by atoms with E-state index in [0.29, 0.717) is 30.8 Å². The lowest BCUT2D eigenvalue weighted by molar-refractivity contribution is 0.305. The second kappa shape index (κ2) is 6.94. The van der Waals surface area contributed by atoms with Gasteiger partial charge in [-0.2, -0.15) is 4.31 Å². The molecule has 0 atom stereocenters. The second-order valence-electron chi connectivity index (χ2n) is 4.75. The molecular weight excluding hydrogens is 290 g/mol. The van der Waals surface area contributed by atoms with Crippen molar-refractivity contribution < 1.29 is 18.3 Å². The van der Waals surface area contributed by atoms with E-state index < -0.39 is 10.0 Å². The van der Waals surface area contributed by atoms with Crippen molar-refractivity contribution in [2.24, 2.45) is 0 Å². The maximum Gasteiger partial charge on any atom is 0.246 e. The Bertz CT molecular complexity index is 652. The van der Waals surface area contributed by atoms with Crippen LogP contribution in [0.3, 0.4) is 0 Å². The first-order valence-electron chi connectivity index (χ1n) is 6.87. The summed E-state index contributed by atoms with van der Waals surface area (Å²) >= 11 is 0. The zero-order valence-electron chi connectivity index (χ0n) is 12.0. The molecular formula is C15H19NO4S. The number of ether oxygens (including phenoxy) is 1. The molecule has 0 spiro atoms. The van der Waals surface area contributed by atoms with Crippen molar-refractivity contribution in [3.8, 4) is 17.6 Å². The molecule has 1 aromatic rings. The van der Waals surface area contributed by atoms with Crippen molar-refractivity contribution in [2.45, 2.75) is 24.2 Å². The topological polar surface area (TPSA) is 66.8 Å². The SMILES string of the molecule is COc1ccc(C#CCCO)cc1S(=O)(=O)N1CCCC1. The number of nitrogens with zero attached hydrogens (tertiary/aromatic N) is 1. The van der Waals surface area contributed by atoms with Gasteiger partial charge >= 0.3 is 0 Å². The van der Waals surface area contributed by atoms with E-state index in [4.69, 9.17) is 9.84 Å². The Balaban J connectivity index is 2.40. The number of methoxy groups -OCH3 is 1. The van der Waals surface area contributed by atoms with Gasteiger partial charge in [-0.3, -0.25) is 0 Å². The van der Waals surface area contributed by atoms with Crippen LogP contribution in [0, 0.1) is 11.8 Å². The van der Waals surface area contributed by atoms with Gasteiger partial charge in [-0.25, -0.2) is 8.42 Å². The molecule has 6 heteroatoms. The molecule has 5 nitrogen and oxygen atoms in total. The smallest absolute Gasteiger partial charge is 0.246 e. The number of hydrogen-bond donors (Lipinski definition) is 1. The molecule has 0 amide bonds. The Hall–Kier alpha value is -1.55. The quantitative estimate of drug-likeness (QED) is 0.849. The standard InChI is InChI=1S/C15H19NO4S/c1-20-14-8-7-13(6-2-5-11-17)12-15(14)21(18,19)16-9-3-4-10-16/h7-8,12,17H,3-5,9-11H2,1H3. The Labute approximate surface area is 125 Å². The van der Waals surface area contributed by atoms with Crippen molar-refractivity contribution in [2.75, 3.05) is 26.8 Å². The molecule has 0 aromatic heterocycles. The molecule has 0 bridgehead atoms. The lowest BCUT2D eigenvalue weighted by atomic mass is 10.2. The third kappa shape index (κ3) is 3.56. The van der Waals surface area contributed by atoms with Crippen molar-refractivity contribution in [1.29, 1.82) is 0 Å². The predicted octanol–water partition coefficient (Wildman–Crippen LogP) is 1.21. The molecule has 1 heterocycles. The largest absolute Gasteiger partial charge is 0.495 e. The van der Waals surface area contributed by atoms with E-state index >= 15 is 0 Å². The van der Waals surface area contributed by atoms with Gasteiger partial charge in [0.25, 0.3) is 0 Å². The zero-order chi connectivity index (χ0) is 15.3. The van der Waals surface area contributed by atoms with Crippen LogP contribution in [0.15, 0.2) is 23.1 Å². The van der Waals surface area contributed by atoms with Crippen LogP contribution >= 0.6 is 0 Å². The predicted molar refractivity (Wildman–Crippen MR) is 79.6 cm³/mol. The van der Waals surface area contributed by atoms with Gasteiger partial charge in [0.15, 0.2) is 0 Å². The summed E-state index contributed by atoms with van der Waals surface area (Å²) in [5.74, 6) is 5.97. The normalized spacial score (nSPS) is 15.5. The molecule has 21 heavy (non-hydrogen) atoms. The fourth-order valence-corrected chi connectivity index (χ4v) is 3.94. The van der Waals surface area contributed by atoms with Crippen molar-refractivity contribution >= 4 is 10.0 Å². The first kappa shape index (κ1) is 15.8. The first-order chi connectivity index (χ1) is 10.1. The van der Waals surface area contributed by atoms with Gasteiger partial charge < -0.3 is 9.84 Å². The van der Waals surface area contributed by atoms with Gasteiger partial charge in [0.1, 0.15) is 10.6 Å². The Morgan fingerprint density at radius 1 is 1.33 bits per heavy atom. The third-order valence-corrected chi connectivity index (χ3v) is 5.24. The Kier molecular flexibility index (Phi) is 5.23. The molecule has 0 saturated carbocycles. The molecule has 1 N–H and O–H groups in total. The van der Waals surface area contributed by atoms with Crippen LogP contribution in [0.25, 0.3) is 0 Å². The van der Waals surface area contributed by atoms with Crippen LogP contribution in [0.4, 0.5) is 0 Å². The summed E-state index contributed by atoms with van der Waals surface area (Å²) in [5.41, 5.74) is 0.599. The van der Waals surface area contributed by atoms with E-state index in [1.807, 2.05) is 0 Å². The summed E-state index contributed by atoms with van der Waals surface area (Å²) in [6.45, 7) is 1.08. The van der Waals surface area contributed by atoms with Gasteiger partial charge in [0, 0.05) is 25.1 Å².